The number of rotatable bonds is 3. The van der Waals surface area contributed by atoms with Crippen LogP contribution in [0.2, 0.25) is 0 Å². The Morgan fingerprint density at radius 1 is 1.40 bits per heavy atom. The maximum Gasteiger partial charge on any atom is 0.123 e. The maximum atomic E-state index is 13.2. The SMILES string of the molecule is C=C(C)[B-]C(C)(C)c1cc(F)ccc1C. The molecule has 0 N–H and O–H groups in total. The van der Waals surface area contributed by atoms with Crippen LogP contribution in [-0.4, -0.2) is 7.28 Å². The van der Waals surface area contributed by atoms with E-state index in [2.05, 4.69) is 27.7 Å². The quantitative estimate of drug-likeness (QED) is 0.658. The number of allylic oxidation sites excluding steroid dienone is 1. The van der Waals surface area contributed by atoms with Crippen molar-refractivity contribution in [2.24, 2.45) is 0 Å². The molecule has 0 heterocycles. The minimum atomic E-state index is -0.182. The summed E-state index contributed by atoms with van der Waals surface area (Å²) in [4.78, 5) is 0. The Kier molecular flexibility index (Phi) is 3.38. The van der Waals surface area contributed by atoms with Gasteiger partial charge >= 0.3 is 0 Å². The number of aryl methyl sites for hydroxylation is 1. The molecule has 1 rings (SSSR count). The van der Waals surface area contributed by atoms with Crippen molar-refractivity contribution in [1.29, 1.82) is 0 Å². The van der Waals surface area contributed by atoms with E-state index in [4.69, 9.17) is 0 Å². The second-order valence-electron chi connectivity index (χ2n) is 4.67. The molecule has 0 spiro atoms. The van der Waals surface area contributed by atoms with Gasteiger partial charge in [-0.2, -0.15) is 5.31 Å². The van der Waals surface area contributed by atoms with Gasteiger partial charge in [-0.15, -0.1) is 6.58 Å². The summed E-state index contributed by atoms with van der Waals surface area (Å²) < 4.78 is 13.2. The van der Waals surface area contributed by atoms with Crippen molar-refractivity contribution in [3.8, 4) is 0 Å². The molecule has 0 aliphatic rings. The molecule has 80 valence electrons. The lowest BCUT2D eigenvalue weighted by molar-refractivity contribution is 0.618. The average molecular weight is 203 g/mol. The van der Waals surface area contributed by atoms with Gasteiger partial charge < -0.3 is 5.47 Å². The van der Waals surface area contributed by atoms with Crippen LogP contribution in [0.15, 0.2) is 30.3 Å². The highest BCUT2D eigenvalue weighted by molar-refractivity contribution is 6.48. The van der Waals surface area contributed by atoms with Crippen molar-refractivity contribution in [2.45, 2.75) is 33.0 Å². The highest BCUT2D eigenvalue weighted by Gasteiger charge is 2.11. The van der Waals surface area contributed by atoms with Gasteiger partial charge in [-0.05, 0) is 19.1 Å². The zero-order valence-corrected chi connectivity index (χ0v) is 9.89. The predicted octanol–water partition coefficient (Wildman–Crippen LogP) is 3.61. The topological polar surface area (TPSA) is 0 Å². The normalized spacial score (nSPS) is 11.5. The molecular weight excluding hydrogens is 186 g/mol. The van der Waals surface area contributed by atoms with E-state index in [1.807, 2.05) is 19.9 Å². The van der Waals surface area contributed by atoms with E-state index >= 15 is 0 Å². The fourth-order valence-electron chi connectivity index (χ4n) is 1.98. The van der Waals surface area contributed by atoms with E-state index in [1.165, 1.54) is 6.07 Å². The first-order valence-electron chi connectivity index (χ1n) is 5.11. The highest BCUT2D eigenvalue weighted by Crippen LogP contribution is 2.27. The lowest BCUT2D eigenvalue weighted by Crippen LogP contribution is -2.27. The third-order valence-electron chi connectivity index (χ3n) is 2.50. The molecule has 15 heavy (non-hydrogen) atoms. The number of halogens is 1. The second-order valence-corrected chi connectivity index (χ2v) is 4.67. The molecule has 0 nitrogen and oxygen atoms in total. The molecule has 0 bridgehead atoms. The van der Waals surface area contributed by atoms with E-state index in [0.717, 1.165) is 16.6 Å². The van der Waals surface area contributed by atoms with Crippen LogP contribution in [0, 0.1) is 12.7 Å². The van der Waals surface area contributed by atoms with Crippen LogP contribution in [0.3, 0.4) is 0 Å². The molecule has 0 aliphatic carbocycles. The number of benzene rings is 1. The van der Waals surface area contributed by atoms with Crippen molar-refractivity contribution in [2.75, 3.05) is 0 Å². The van der Waals surface area contributed by atoms with E-state index in [0.29, 0.717) is 0 Å². The zero-order chi connectivity index (χ0) is 11.6. The highest BCUT2D eigenvalue weighted by atomic mass is 19.1. The van der Waals surface area contributed by atoms with Crippen molar-refractivity contribution < 1.29 is 4.39 Å². The van der Waals surface area contributed by atoms with E-state index in [1.54, 1.807) is 6.07 Å². The van der Waals surface area contributed by atoms with Crippen molar-refractivity contribution >= 4 is 7.28 Å². The van der Waals surface area contributed by atoms with Gasteiger partial charge in [0.25, 0.3) is 0 Å². The minimum absolute atomic E-state index is 0.169. The molecule has 0 saturated carbocycles. The Bertz CT molecular complexity index is 380. The summed E-state index contributed by atoms with van der Waals surface area (Å²) in [5.74, 6) is -0.182. The fraction of sp³-hybridized carbons (Fsp3) is 0.385. The fourth-order valence-corrected chi connectivity index (χ4v) is 1.98. The predicted molar refractivity (Wildman–Crippen MR) is 64.7 cm³/mol. The third-order valence-corrected chi connectivity index (χ3v) is 2.50. The Labute approximate surface area is 92.4 Å². The Morgan fingerprint density at radius 3 is 2.53 bits per heavy atom. The van der Waals surface area contributed by atoms with Gasteiger partial charge in [-0.1, -0.05) is 38.0 Å². The van der Waals surface area contributed by atoms with E-state index in [9.17, 15) is 4.39 Å². The molecule has 0 aliphatic heterocycles. The van der Waals surface area contributed by atoms with Gasteiger partial charge in [0.15, 0.2) is 0 Å². The Hall–Kier alpha value is -1.05. The molecule has 1 aromatic carbocycles. The van der Waals surface area contributed by atoms with E-state index < -0.39 is 0 Å². The molecule has 0 aromatic heterocycles. The second kappa shape index (κ2) is 4.22. The van der Waals surface area contributed by atoms with Crippen LogP contribution in [-0.2, 0) is 5.31 Å². The summed E-state index contributed by atoms with van der Waals surface area (Å²) in [6, 6.07) is 4.92. The smallest absolute Gasteiger partial charge is 0.123 e. The Morgan fingerprint density at radius 2 is 2.00 bits per heavy atom. The Balaban J connectivity index is 3.13. The first-order chi connectivity index (χ1) is 6.83. The molecule has 2 radical (unpaired) electrons. The molecule has 0 saturated heterocycles. The van der Waals surface area contributed by atoms with Crippen molar-refractivity contribution in [3.63, 3.8) is 0 Å². The number of hydrogen-bond donors (Lipinski definition) is 0. The average Bonchev–Trinajstić information content (AvgIpc) is 2.06. The van der Waals surface area contributed by atoms with Gasteiger partial charge in [0, 0.05) is 0 Å². The minimum Gasteiger partial charge on any atom is -0.311 e. The van der Waals surface area contributed by atoms with Crippen molar-refractivity contribution in [3.05, 3.63) is 47.2 Å². The molecular formula is C13H17BF-. The van der Waals surface area contributed by atoms with Gasteiger partial charge in [0.2, 0.25) is 0 Å². The summed E-state index contributed by atoms with van der Waals surface area (Å²) in [5.41, 5.74) is 3.13. The summed E-state index contributed by atoms with van der Waals surface area (Å²) in [5, 5.41) is -0.169. The van der Waals surface area contributed by atoms with Crippen molar-refractivity contribution in [1.82, 2.24) is 0 Å². The largest absolute Gasteiger partial charge is 0.311 e. The van der Waals surface area contributed by atoms with Gasteiger partial charge in [-0.25, -0.2) is 4.39 Å². The monoisotopic (exact) mass is 203 g/mol. The van der Waals surface area contributed by atoms with Crippen LogP contribution in [0.4, 0.5) is 4.39 Å². The molecule has 0 fully saturated rings. The maximum absolute atomic E-state index is 13.2. The lowest BCUT2D eigenvalue weighted by atomic mass is 9.48. The molecule has 2 heteroatoms. The van der Waals surface area contributed by atoms with Crippen LogP contribution in [0.5, 0.6) is 0 Å². The lowest BCUT2D eigenvalue weighted by Gasteiger charge is -2.40. The molecule has 0 amide bonds. The summed E-state index contributed by atoms with van der Waals surface area (Å²) in [7, 11) is 2.06. The first-order valence-corrected chi connectivity index (χ1v) is 5.11. The van der Waals surface area contributed by atoms with Gasteiger partial charge in [0.1, 0.15) is 5.82 Å². The van der Waals surface area contributed by atoms with Crippen LogP contribution >= 0.6 is 0 Å². The van der Waals surface area contributed by atoms with Crippen LogP contribution in [0.25, 0.3) is 0 Å². The summed E-state index contributed by atoms with van der Waals surface area (Å²) in [6.45, 7) is 12.0. The van der Waals surface area contributed by atoms with Crippen LogP contribution < -0.4 is 0 Å². The van der Waals surface area contributed by atoms with Gasteiger partial charge in [-0.3, -0.25) is 7.28 Å². The first kappa shape index (κ1) is 12.0. The molecule has 0 atom stereocenters. The standard InChI is InChI=1S/C13H17BF/c1-9(2)14-13(4,5)12-8-11(15)7-6-10(12)3/h6-8H,1H2,2-5H3/q-1. The van der Waals surface area contributed by atoms with E-state index in [-0.39, 0.29) is 11.1 Å². The van der Waals surface area contributed by atoms with Crippen LogP contribution in [0.1, 0.15) is 31.9 Å². The third kappa shape index (κ3) is 2.95. The molecule has 0 unspecified atom stereocenters. The zero-order valence-electron chi connectivity index (χ0n) is 9.89. The van der Waals surface area contributed by atoms with Gasteiger partial charge in [0.05, 0.1) is 0 Å². The summed E-state index contributed by atoms with van der Waals surface area (Å²) in [6.07, 6.45) is 0. The number of hydrogen-bond acceptors (Lipinski definition) is 0. The molecule has 1 aromatic rings. The summed E-state index contributed by atoms with van der Waals surface area (Å²) >= 11 is 0.